The quantitative estimate of drug-likeness (QED) is 0.259. The van der Waals surface area contributed by atoms with Gasteiger partial charge >= 0.3 is 0 Å². The van der Waals surface area contributed by atoms with Gasteiger partial charge in [-0.05, 0) is 110 Å². The van der Waals surface area contributed by atoms with Crippen LogP contribution in [0.25, 0.3) is 11.1 Å². The lowest BCUT2D eigenvalue weighted by atomic mass is 9.97. The number of rotatable bonds is 2. The smallest absolute Gasteiger partial charge is 0.0781 e. The van der Waals surface area contributed by atoms with E-state index in [1.165, 1.54) is 66.5 Å². The Kier molecular flexibility index (Phi) is 8.57. The molecule has 0 fully saturated rings. The summed E-state index contributed by atoms with van der Waals surface area (Å²) in [6.45, 7) is 11.1. The molecule has 0 saturated carbocycles. The number of thioether (sulfide) groups is 4. The van der Waals surface area contributed by atoms with E-state index in [9.17, 15) is 0 Å². The molecule has 0 bridgehead atoms. The molecule has 0 atom stereocenters. The van der Waals surface area contributed by atoms with Crippen LogP contribution in [0.1, 0.15) is 76.2 Å². The average molecular weight is 629 g/mol. The Balaban J connectivity index is 1.24. The molecule has 0 spiro atoms. The van der Waals surface area contributed by atoms with Crippen molar-refractivity contribution < 1.29 is 0 Å². The zero-order valence-corrected chi connectivity index (χ0v) is 28.0. The van der Waals surface area contributed by atoms with E-state index in [0.29, 0.717) is 0 Å². The lowest BCUT2D eigenvalue weighted by Gasteiger charge is -2.07. The van der Waals surface area contributed by atoms with Gasteiger partial charge < -0.3 is 0 Å². The molecule has 200 valence electrons. The fourth-order valence-corrected chi connectivity index (χ4v) is 11.9. The number of hydrogen-bond acceptors (Lipinski definition) is 6. The van der Waals surface area contributed by atoms with Crippen molar-refractivity contribution in [3.63, 3.8) is 0 Å². The second-order valence-electron chi connectivity index (χ2n) is 9.82. The molecule has 0 saturated heterocycles. The monoisotopic (exact) mass is 628 g/mol. The van der Waals surface area contributed by atoms with E-state index in [1.807, 2.05) is 87.9 Å². The van der Waals surface area contributed by atoms with E-state index >= 15 is 0 Å². The number of hydrogen-bond donors (Lipinski definition) is 0. The minimum atomic E-state index is 1.06. The third kappa shape index (κ3) is 6.00. The topological polar surface area (TPSA) is 0 Å². The maximum absolute atomic E-state index is 3.52. The van der Waals surface area contributed by atoms with Crippen molar-refractivity contribution >= 4 is 80.9 Å². The SMILES string of the molecule is CC1=C(C)SC(=C2SC(C)=C(C#Cc3cc(C4=C(c5cc(C#Cc6ccccc6)sc5C)CCC4)c(C)s3)S2)S1. The molecule has 0 nitrogen and oxygen atoms in total. The molecule has 2 aliphatic heterocycles. The summed E-state index contributed by atoms with van der Waals surface area (Å²) in [5.74, 6) is 13.8. The second-order valence-corrected chi connectivity index (χ2v) is 17.5. The van der Waals surface area contributed by atoms with Crippen LogP contribution in [-0.4, -0.2) is 0 Å². The van der Waals surface area contributed by atoms with E-state index < -0.39 is 0 Å². The first-order chi connectivity index (χ1) is 19.4. The van der Waals surface area contributed by atoms with Gasteiger partial charge in [-0.3, -0.25) is 0 Å². The predicted octanol–water partition coefficient (Wildman–Crippen LogP) is 11.8. The molecule has 1 aliphatic carbocycles. The van der Waals surface area contributed by atoms with Crippen molar-refractivity contribution in [3.8, 4) is 23.7 Å². The van der Waals surface area contributed by atoms with E-state index in [-0.39, 0.29) is 0 Å². The zero-order valence-electron chi connectivity index (χ0n) is 23.1. The highest BCUT2D eigenvalue weighted by molar-refractivity contribution is 8.34. The van der Waals surface area contributed by atoms with E-state index in [0.717, 1.165) is 28.2 Å². The Morgan fingerprint density at radius 2 is 1.10 bits per heavy atom. The maximum atomic E-state index is 3.52. The number of benzene rings is 1. The molecule has 0 amide bonds. The van der Waals surface area contributed by atoms with E-state index in [4.69, 9.17) is 0 Å². The first kappa shape index (κ1) is 28.2. The van der Waals surface area contributed by atoms with Crippen molar-refractivity contribution in [2.75, 3.05) is 0 Å². The molecule has 0 radical (unpaired) electrons. The zero-order chi connectivity index (χ0) is 27.8. The highest BCUT2D eigenvalue weighted by Gasteiger charge is 2.26. The van der Waals surface area contributed by atoms with E-state index in [2.05, 4.69) is 82.6 Å². The van der Waals surface area contributed by atoms with Crippen LogP contribution in [0, 0.1) is 37.5 Å². The summed E-state index contributed by atoms with van der Waals surface area (Å²) in [6.07, 6.45) is 3.48. The molecule has 40 heavy (non-hydrogen) atoms. The van der Waals surface area contributed by atoms with Crippen LogP contribution in [0.5, 0.6) is 0 Å². The molecule has 4 heterocycles. The van der Waals surface area contributed by atoms with Crippen molar-refractivity contribution in [1.29, 1.82) is 0 Å². The minimum Gasteiger partial charge on any atom is -0.131 e. The molecular weight excluding hydrogens is 601 g/mol. The van der Waals surface area contributed by atoms with Gasteiger partial charge in [0, 0.05) is 20.2 Å². The largest absolute Gasteiger partial charge is 0.131 e. The van der Waals surface area contributed by atoms with Crippen LogP contribution in [0.2, 0.25) is 0 Å². The Hall–Kier alpha value is -1.90. The van der Waals surface area contributed by atoms with Crippen LogP contribution >= 0.6 is 69.7 Å². The summed E-state index contributed by atoms with van der Waals surface area (Å²) in [5, 5.41) is 0. The molecule has 3 aliphatic rings. The molecular formula is C34H28S6. The fraction of sp³-hybridized carbons (Fsp3) is 0.235. The number of thiophene rings is 2. The van der Waals surface area contributed by atoms with Crippen molar-refractivity contribution in [2.45, 2.75) is 53.9 Å². The highest BCUT2D eigenvalue weighted by atomic mass is 32.2. The summed E-state index contributed by atoms with van der Waals surface area (Å²) in [7, 11) is 0. The summed E-state index contributed by atoms with van der Waals surface area (Å²) in [4.78, 5) is 10.4. The molecule has 6 heteroatoms. The normalized spacial score (nSPS) is 17.1. The summed E-state index contributed by atoms with van der Waals surface area (Å²) in [5.41, 5.74) is 6.85. The number of allylic oxidation sites excluding steroid dienone is 6. The summed E-state index contributed by atoms with van der Waals surface area (Å²) in [6, 6.07) is 14.9. The fourth-order valence-electron chi connectivity index (χ4n) is 4.89. The van der Waals surface area contributed by atoms with Crippen LogP contribution in [0.15, 0.2) is 70.6 Å². The number of aryl methyl sites for hydroxylation is 2. The van der Waals surface area contributed by atoms with Gasteiger partial charge in [0.1, 0.15) is 0 Å². The van der Waals surface area contributed by atoms with Crippen LogP contribution in [0.3, 0.4) is 0 Å². The molecule has 2 aromatic heterocycles. The standard InChI is InChI=1S/C34H28S6/c1-20-21(2)38-33(37-20)34-39-24(5)32(40-34)17-16-27-19-31(23(4)36-27)29-13-9-12-28(29)30-18-26(35-22(30)3)15-14-25-10-7-6-8-11-25/h6-8,10-11,18-19H,9,12-13H2,1-5H3. The van der Waals surface area contributed by atoms with Gasteiger partial charge in [0.2, 0.25) is 0 Å². The van der Waals surface area contributed by atoms with E-state index in [1.54, 1.807) is 0 Å². The highest BCUT2D eigenvalue weighted by Crippen LogP contribution is 2.59. The van der Waals surface area contributed by atoms with Gasteiger partial charge in [0.05, 0.1) is 23.1 Å². The summed E-state index contributed by atoms with van der Waals surface area (Å²) < 4.78 is 2.80. The predicted molar refractivity (Wildman–Crippen MR) is 187 cm³/mol. The Bertz CT molecular complexity index is 1750. The molecule has 6 rings (SSSR count). The third-order valence-corrected chi connectivity index (χ3v) is 14.6. The van der Waals surface area contributed by atoms with Crippen LogP contribution in [-0.2, 0) is 0 Å². The van der Waals surface area contributed by atoms with Gasteiger partial charge in [0.15, 0.2) is 0 Å². The Morgan fingerprint density at radius 1 is 0.575 bits per heavy atom. The molecule has 0 unspecified atom stereocenters. The average Bonchev–Trinajstić information content (AvgIpc) is 3.76. The Labute approximate surface area is 263 Å². The van der Waals surface area contributed by atoms with Gasteiger partial charge in [0.25, 0.3) is 0 Å². The lowest BCUT2D eigenvalue weighted by molar-refractivity contribution is 0.941. The van der Waals surface area contributed by atoms with Gasteiger partial charge in [-0.2, -0.15) is 0 Å². The maximum Gasteiger partial charge on any atom is 0.0781 e. The minimum absolute atomic E-state index is 1.06. The van der Waals surface area contributed by atoms with Gasteiger partial charge in [-0.25, -0.2) is 0 Å². The second kappa shape index (κ2) is 12.1. The van der Waals surface area contributed by atoms with Crippen LogP contribution in [0.4, 0.5) is 0 Å². The lowest BCUT2D eigenvalue weighted by Crippen LogP contribution is -1.86. The summed E-state index contributed by atoms with van der Waals surface area (Å²) >= 11 is 11.2. The first-order valence-corrected chi connectivity index (χ1v) is 18.1. The molecule has 1 aromatic carbocycles. The van der Waals surface area contributed by atoms with Gasteiger partial charge in [-0.15, -0.1) is 22.7 Å². The van der Waals surface area contributed by atoms with Crippen molar-refractivity contribution in [3.05, 3.63) is 107 Å². The van der Waals surface area contributed by atoms with Crippen molar-refractivity contribution in [2.24, 2.45) is 0 Å². The molecule has 0 N–H and O–H groups in total. The van der Waals surface area contributed by atoms with Gasteiger partial charge in [-0.1, -0.05) is 88.9 Å². The third-order valence-electron chi connectivity index (χ3n) is 7.02. The molecule has 3 aromatic rings. The first-order valence-electron chi connectivity index (χ1n) is 13.2. The van der Waals surface area contributed by atoms with Crippen molar-refractivity contribution in [1.82, 2.24) is 0 Å². The van der Waals surface area contributed by atoms with Crippen LogP contribution < -0.4 is 0 Å². The Morgan fingerprint density at radius 3 is 1.70 bits per heavy atom.